The van der Waals surface area contributed by atoms with Crippen molar-refractivity contribution >= 4 is 22.6 Å². The molecule has 116 valence electrons. The van der Waals surface area contributed by atoms with Crippen LogP contribution in [0.5, 0.6) is 0 Å². The average Bonchev–Trinajstić information content (AvgIpc) is 2.50. The third kappa shape index (κ3) is 2.68. The molecular weight excluding hydrogens is 284 g/mol. The van der Waals surface area contributed by atoms with Crippen LogP contribution in [0, 0.1) is 0 Å². The number of hydrogen-bond donors (Lipinski definition) is 3. The second kappa shape index (κ2) is 5.78. The number of benzene rings is 1. The minimum Gasteiger partial charge on any atom is -0.397 e. The Bertz CT molecular complexity index is 771. The summed E-state index contributed by atoms with van der Waals surface area (Å²) in [5.74, 6) is -0.587. The number of hydrogen-bond acceptors (Lipinski definition) is 6. The van der Waals surface area contributed by atoms with Crippen LogP contribution in [0.4, 0.5) is 5.69 Å². The van der Waals surface area contributed by atoms with Crippen molar-refractivity contribution in [2.75, 3.05) is 25.4 Å². The number of hydroxylamine groups is 2. The van der Waals surface area contributed by atoms with Gasteiger partial charge in [-0.25, -0.2) is 4.79 Å². The van der Waals surface area contributed by atoms with Gasteiger partial charge in [0.15, 0.2) is 5.43 Å². The van der Waals surface area contributed by atoms with Gasteiger partial charge in [0.2, 0.25) is 0 Å². The Balaban J connectivity index is 1.91. The Morgan fingerprint density at radius 2 is 2.27 bits per heavy atom. The van der Waals surface area contributed by atoms with Crippen molar-refractivity contribution in [2.45, 2.75) is 13.0 Å². The molecule has 1 atom stereocenters. The first-order valence-corrected chi connectivity index (χ1v) is 7.17. The van der Waals surface area contributed by atoms with Crippen LogP contribution in [-0.4, -0.2) is 41.7 Å². The van der Waals surface area contributed by atoms with E-state index in [0.29, 0.717) is 23.1 Å². The molecule has 3 rings (SSSR count). The van der Waals surface area contributed by atoms with Crippen LogP contribution in [0.25, 0.3) is 10.9 Å². The standard InChI is InChI=1S/C15H18N4O3/c1-9-8-17-5-6-19(9)22-15(21)12-7-13(20)10-3-2-4-11(16)14(10)18-12/h2-4,7,9,17H,5-6,8,16H2,1H3,(H,18,20). The second-order valence-corrected chi connectivity index (χ2v) is 5.39. The molecule has 1 unspecified atom stereocenters. The number of nitrogen functional groups attached to an aromatic ring is 1. The zero-order valence-electron chi connectivity index (χ0n) is 12.3. The van der Waals surface area contributed by atoms with Crippen molar-refractivity contribution in [3.63, 3.8) is 0 Å². The molecule has 0 aliphatic carbocycles. The molecule has 2 aromatic rings. The predicted molar refractivity (Wildman–Crippen MR) is 83.4 cm³/mol. The number of carbonyl (C=O) groups is 1. The van der Waals surface area contributed by atoms with Crippen LogP contribution < -0.4 is 16.5 Å². The maximum absolute atomic E-state index is 12.3. The number of aromatic nitrogens is 1. The number of nitrogens with one attached hydrogen (secondary N) is 2. The van der Waals surface area contributed by atoms with Gasteiger partial charge in [-0.15, -0.1) is 5.06 Å². The molecule has 1 aromatic carbocycles. The van der Waals surface area contributed by atoms with Crippen molar-refractivity contribution in [3.05, 3.63) is 40.2 Å². The lowest BCUT2D eigenvalue weighted by atomic mass is 10.1. The van der Waals surface area contributed by atoms with Gasteiger partial charge < -0.3 is 20.9 Å². The van der Waals surface area contributed by atoms with E-state index >= 15 is 0 Å². The van der Waals surface area contributed by atoms with Crippen LogP contribution in [0.3, 0.4) is 0 Å². The number of fused-ring (bicyclic) bond motifs is 1. The van der Waals surface area contributed by atoms with Crippen LogP contribution in [0.2, 0.25) is 0 Å². The first-order chi connectivity index (χ1) is 10.6. The lowest BCUT2D eigenvalue weighted by molar-refractivity contribution is -0.141. The Kier molecular flexibility index (Phi) is 3.82. The molecule has 1 aromatic heterocycles. The smallest absolute Gasteiger partial charge is 0.373 e. The summed E-state index contributed by atoms with van der Waals surface area (Å²) in [4.78, 5) is 32.7. The van der Waals surface area contributed by atoms with Gasteiger partial charge in [0.05, 0.1) is 17.2 Å². The summed E-state index contributed by atoms with van der Waals surface area (Å²) in [6, 6.07) is 6.36. The maximum atomic E-state index is 12.3. The third-order valence-corrected chi connectivity index (χ3v) is 3.76. The SMILES string of the molecule is CC1CNCCN1OC(=O)c1cc(=O)c2cccc(N)c2[nH]1. The molecule has 7 heteroatoms. The number of nitrogens with zero attached hydrogens (tertiary/aromatic N) is 1. The molecule has 4 N–H and O–H groups in total. The molecule has 7 nitrogen and oxygen atoms in total. The fourth-order valence-electron chi connectivity index (χ4n) is 2.52. The molecule has 0 radical (unpaired) electrons. The topological polar surface area (TPSA) is 100 Å². The number of pyridine rings is 1. The molecule has 1 fully saturated rings. The summed E-state index contributed by atoms with van der Waals surface area (Å²) in [7, 11) is 0. The normalized spacial score (nSPS) is 19.2. The molecule has 1 aliphatic heterocycles. The van der Waals surface area contributed by atoms with Gasteiger partial charge in [0.25, 0.3) is 0 Å². The van der Waals surface area contributed by atoms with Crippen molar-refractivity contribution in [2.24, 2.45) is 0 Å². The van der Waals surface area contributed by atoms with Crippen molar-refractivity contribution < 1.29 is 9.63 Å². The fourth-order valence-corrected chi connectivity index (χ4v) is 2.52. The lowest BCUT2D eigenvalue weighted by Crippen LogP contribution is -2.50. The van der Waals surface area contributed by atoms with Gasteiger partial charge in [-0.05, 0) is 19.1 Å². The summed E-state index contributed by atoms with van der Waals surface area (Å²) in [5, 5.41) is 5.28. The van der Waals surface area contributed by atoms with Gasteiger partial charge in [-0.2, -0.15) is 0 Å². The van der Waals surface area contributed by atoms with Crippen molar-refractivity contribution in [1.29, 1.82) is 0 Å². The Hall–Kier alpha value is -2.38. The van der Waals surface area contributed by atoms with E-state index in [0.717, 1.165) is 13.1 Å². The highest BCUT2D eigenvalue weighted by Crippen LogP contribution is 2.16. The monoisotopic (exact) mass is 302 g/mol. The van der Waals surface area contributed by atoms with E-state index in [1.54, 1.807) is 23.3 Å². The molecule has 0 saturated carbocycles. The first-order valence-electron chi connectivity index (χ1n) is 7.17. The molecule has 2 heterocycles. The average molecular weight is 302 g/mol. The predicted octanol–water partition coefficient (Wildman–Crippen LogP) is 0.476. The van der Waals surface area contributed by atoms with Gasteiger partial charge in [-0.3, -0.25) is 4.79 Å². The zero-order chi connectivity index (χ0) is 15.7. The highest BCUT2D eigenvalue weighted by Gasteiger charge is 2.23. The largest absolute Gasteiger partial charge is 0.397 e. The fraction of sp³-hybridized carbons (Fsp3) is 0.333. The van der Waals surface area contributed by atoms with Crippen molar-refractivity contribution in [1.82, 2.24) is 15.4 Å². The van der Waals surface area contributed by atoms with E-state index < -0.39 is 5.97 Å². The Morgan fingerprint density at radius 3 is 3.05 bits per heavy atom. The molecule has 22 heavy (non-hydrogen) atoms. The van der Waals surface area contributed by atoms with Gasteiger partial charge in [-0.1, -0.05) is 6.07 Å². The number of carbonyl (C=O) groups excluding carboxylic acids is 1. The third-order valence-electron chi connectivity index (χ3n) is 3.76. The molecule has 1 saturated heterocycles. The summed E-state index contributed by atoms with van der Waals surface area (Å²) in [6.07, 6.45) is 0. The summed E-state index contributed by atoms with van der Waals surface area (Å²) in [5.41, 5.74) is 6.57. The zero-order valence-corrected chi connectivity index (χ0v) is 12.3. The first kappa shape index (κ1) is 14.6. The maximum Gasteiger partial charge on any atom is 0.373 e. The molecule has 1 aliphatic rings. The quantitative estimate of drug-likeness (QED) is 0.698. The van der Waals surface area contributed by atoms with Gasteiger partial charge in [0.1, 0.15) is 5.69 Å². The van der Waals surface area contributed by atoms with E-state index in [4.69, 9.17) is 10.6 Å². The van der Waals surface area contributed by atoms with Crippen LogP contribution >= 0.6 is 0 Å². The van der Waals surface area contributed by atoms with Crippen LogP contribution in [0.1, 0.15) is 17.4 Å². The number of rotatable bonds is 2. The van der Waals surface area contributed by atoms with Crippen LogP contribution in [0.15, 0.2) is 29.1 Å². The lowest BCUT2D eigenvalue weighted by Gasteiger charge is -2.31. The van der Waals surface area contributed by atoms with E-state index in [2.05, 4.69) is 10.3 Å². The van der Waals surface area contributed by atoms with Gasteiger partial charge >= 0.3 is 5.97 Å². The number of piperazine rings is 1. The summed E-state index contributed by atoms with van der Waals surface area (Å²) >= 11 is 0. The molecule has 0 bridgehead atoms. The van der Waals surface area contributed by atoms with E-state index in [1.165, 1.54) is 6.07 Å². The highest BCUT2D eigenvalue weighted by molar-refractivity contribution is 5.94. The molecular formula is C15H18N4O3. The Labute approximate surface area is 127 Å². The number of nitrogens with two attached hydrogens (primary N) is 1. The van der Waals surface area contributed by atoms with E-state index in [1.807, 2.05) is 6.92 Å². The number of para-hydroxylation sites is 1. The number of aromatic amines is 1. The summed E-state index contributed by atoms with van der Waals surface area (Å²) in [6.45, 7) is 4.06. The van der Waals surface area contributed by atoms with E-state index in [-0.39, 0.29) is 17.2 Å². The summed E-state index contributed by atoms with van der Waals surface area (Å²) < 4.78 is 0. The minimum atomic E-state index is -0.587. The highest BCUT2D eigenvalue weighted by atomic mass is 16.7. The van der Waals surface area contributed by atoms with E-state index in [9.17, 15) is 9.59 Å². The number of anilines is 1. The Morgan fingerprint density at radius 1 is 1.45 bits per heavy atom. The molecule has 0 amide bonds. The van der Waals surface area contributed by atoms with Crippen LogP contribution in [-0.2, 0) is 4.84 Å². The van der Waals surface area contributed by atoms with Crippen molar-refractivity contribution in [3.8, 4) is 0 Å². The second-order valence-electron chi connectivity index (χ2n) is 5.39. The molecule has 0 spiro atoms. The van der Waals surface area contributed by atoms with Gasteiger partial charge in [0, 0.05) is 31.1 Å². The minimum absolute atomic E-state index is 0.0787. The number of H-pyrrole nitrogens is 1.